The van der Waals surface area contributed by atoms with Crippen LogP contribution < -0.4 is 9.47 Å². The fraction of sp³-hybridized carbons (Fsp3) is 0.591. The molecular weight excluding hydrogens is 588 g/mol. The summed E-state index contributed by atoms with van der Waals surface area (Å²) < 4.78 is 12.0. The SMILES string of the molecule is CCCCCCCCCCCCCCCCOc1ccc(N=Nc2c(CC)cc(-c3ccc(OCC)cc3)cc2CC)cc1C(C)CC. The smallest absolute Gasteiger partial charge is 0.122 e. The Morgan fingerprint density at radius 3 is 1.65 bits per heavy atom. The van der Waals surface area contributed by atoms with Crippen molar-refractivity contribution in [1.29, 1.82) is 0 Å². The molecule has 48 heavy (non-hydrogen) atoms. The molecule has 1 unspecified atom stereocenters. The molecule has 0 aliphatic heterocycles. The van der Waals surface area contributed by atoms with E-state index in [1.165, 1.54) is 111 Å². The van der Waals surface area contributed by atoms with Crippen LogP contribution in [-0.2, 0) is 12.8 Å². The summed E-state index contributed by atoms with van der Waals surface area (Å²) in [7, 11) is 0. The maximum Gasteiger partial charge on any atom is 0.122 e. The van der Waals surface area contributed by atoms with Crippen LogP contribution in [0.25, 0.3) is 11.1 Å². The number of azo groups is 1. The average Bonchev–Trinajstić information content (AvgIpc) is 3.12. The monoisotopic (exact) mass is 655 g/mol. The third-order valence-electron chi connectivity index (χ3n) is 9.69. The molecule has 4 heteroatoms. The van der Waals surface area contributed by atoms with Crippen molar-refractivity contribution in [3.63, 3.8) is 0 Å². The second-order valence-corrected chi connectivity index (χ2v) is 13.5. The van der Waals surface area contributed by atoms with Gasteiger partial charge in [-0.2, -0.15) is 5.11 Å². The first-order valence-corrected chi connectivity index (χ1v) is 19.6. The lowest BCUT2D eigenvalue weighted by atomic mass is 9.95. The largest absolute Gasteiger partial charge is 0.494 e. The fourth-order valence-corrected chi connectivity index (χ4v) is 6.43. The maximum atomic E-state index is 6.35. The normalized spacial score (nSPS) is 12.1. The van der Waals surface area contributed by atoms with Crippen LogP contribution in [0.5, 0.6) is 11.5 Å². The molecule has 0 spiro atoms. The molecule has 0 bridgehead atoms. The first kappa shape index (κ1) is 39.3. The van der Waals surface area contributed by atoms with E-state index in [-0.39, 0.29) is 0 Å². The van der Waals surface area contributed by atoms with Gasteiger partial charge in [0.25, 0.3) is 0 Å². The minimum Gasteiger partial charge on any atom is -0.494 e. The molecule has 3 aromatic carbocycles. The van der Waals surface area contributed by atoms with Crippen molar-refractivity contribution in [3.8, 4) is 22.6 Å². The number of aryl methyl sites for hydroxylation is 2. The Balaban J connectivity index is 1.53. The highest BCUT2D eigenvalue weighted by molar-refractivity contribution is 5.71. The third-order valence-corrected chi connectivity index (χ3v) is 9.69. The standard InChI is InChI=1S/C44H66N2O2/c1-7-12-13-14-15-16-17-18-19-20-21-22-23-24-31-48-43-30-27-40(34-42(43)35(6)8-2)45-46-44-36(9-3)32-39(33-37(44)10-4)38-25-28-41(29-26-38)47-11-5/h25-30,32-35H,7-24,31H2,1-6H3. The zero-order chi connectivity index (χ0) is 34.4. The lowest BCUT2D eigenvalue weighted by molar-refractivity contribution is 0.299. The highest BCUT2D eigenvalue weighted by Gasteiger charge is 2.14. The van der Waals surface area contributed by atoms with E-state index in [1.54, 1.807) is 0 Å². The van der Waals surface area contributed by atoms with E-state index in [4.69, 9.17) is 19.7 Å². The Kier molecular flexibility index (Phi) is 19.0. The van der Waals surface area contributed by atoms with Crippen LogP contribution in [0.4, 0.5) is 11.4 Å². The molecule has 0 saturated carbocycles. The quantitative estimate of drug-likeness (QED) is 0.0674. The molecule has 0 heterocycles. The first-order valence-electron chi connectivity index (χ1n) is 19.6. The van der Waals surface area contributed by atoms with Crippen molar-refractivity contribution < 1.29 is 9.47 Å². The van der Waals surface area contributed by atoms with Crippen molar-refractivity contribution in [1.82, 2.24) is 0 Å². The topological polar surface area (TPSA) is 43.2 Å². The zero-order valence-corrected chi connectivity index (χ0v) is 31.4. The molecule has 3 aromatic rings. The van der Waals surface area contributed by atoms with E-state index in [1.807, 2.05) is 19.1 Å². The Morgan fingerprint density at radius 1 is 0.562 bits per heavy atom. The van der Waals surface area contributed by atoms with Gasteiger partial charge in [0, 0.05) is 0 Å². The van der Waals surface area contributed by atoms with E-state index in [0.29, 0.717) is 12.5 Å². The highest BCUT2D eigenvalue weighted by Crippen LogP contribution is 2.36. The van der Waals surface area contributed by atoms with Crippen LogP contribution >= 0.6 is 0 Å². The van der Waals surface area contributed by atoms with E-state index in [9.17, 15) is 0 Å². The Morgan fingerprint density at radius 2 is 1.12 bits per heavy atom. The van der Waals surface area contributed by atoms with E-state index in [2.05, 4.69) is 77.1 Å². The van der Waals surface area contributed by atoms with Crippen LogP contribution in [0.3, 0.4) is 0 Å². The number of rotatable bonds is 25. The minimum atomic E-state index is 0.400. The number of ether oxygens (including phenoxy) is 2. The molecular formula is C44H66N2O2. The number of benzene rings is 3. The van der Waals surface area contributed by atoms with Crippen LogP contribution in [-0.4, -0.2) is 13.2 Å². The van der Waals surface area contributed by atoms with Crippen LogP contribution in [0.15, 0.2) is 64.8 Å². The lowest BCUT2D eigenvalue weighted by Crippen LogP contribution is -2.02. The van der Waals surface area contributed by atoms with Gasteiger partial charge in [-0.1, -0.05) is 130 Å². The van der Waals surface area contributed by atoms with Crippen molar-refractivity contribution in [3.05, 3.63) is 71.3 Å². The van der Waals surface area contributed by atoms with Gasteiger partial charge in [0.05, 0.1) is 24.6 Å². The molecule has 0 aliphatic rings. The second kappa shape index (κ2) is 23.3. The third kappa shape index (κ3) is 13.4. The predicted octanol–water partition coefficient (Wildman–Crippen LogP) is 14.7. The van der Waals surface area contributed by atoms with E-state index in [0.717, 1.165) is 55.2 Å². The Hall–Kier alpha value is -3.14. The van der Waals surface area contributed by atoms with Gasteiger partial charge >= 0.3 is 0 Å². The summed E-state index contributed by atoms with van der Waals surface area (Å²) in [6.07, 6.45) is 22.0. The summed E-state index contributed by atoms with van der Waals surface area (Å²) in [6.45, 7) is 14.7. The molecule has 3 rings (SSSR count). The minimum absolute atomic E-state index is 0.400. The summed E-state index contributed by atoms with van der Waals surface area (Å²) in [6, 6.07) is 19.3. The number of hydrogen-bond acceptors (Lipinski definition) is 4. The highest BCUT2D eigenvalue weighted by atomic mass is 16.5. The molecule has 0 fully saturated rings. The fourth-order valence-electron chi connectivity index (χ4n) is 6.43. The van der Waals surface area contributed by atoms with Crippen molar-refractivity contribution in [2.24, 2.45) is 10.2 Å². The van der Waals surface area contributed by atoms with Gasteiger partial charge in [0.15, 0.2) is 0 Å². The molecule has 1 atom stereocenters. The van der Waals surface area contributed by atoms with Gasteiger partial charge in [0.1, 0.15) is 11.5 Å². The molecule has 0 amide bonds. The second-order valence-electron chi connectivity index (χ2n) is 13.5. The summed E-state index contributed by atoms with van der Waals surface area (Å²) >= 11 is 0. The Labute approximate surface area is 294 Å². The predicted molar refractivity (Wildman–Crippen MR) is 207 cm³/mol. The first-order chi connectivity index (χ1) is 23.5. The summed E-state index contributed by atoms with van der Waals surface area (Å²) in [5.41, 5.74) is 7.96. The molecule has 0 saturated heterocycles. The Bertz CT molecular complexity index is 1310. The summed E-state index contributed by atoms with van der Waals surface area (Å²) in [5.74, 6) is 2.31. The van der Waals surface area contributed by atoms with Crippen molar-refractivity contribution in [2.45, 2.75) is 157 Å². The van der Waals surface area contributed by atoms with Gasteiger partial charge in [-0.25, -0.2) is 0 Å². The molecule has 0 aromatic heterocycles. The number of hydrogen-bond donors (Lipinski definition) is 0. The average molecular weight is 655 g/mol. The molecule has 0 aliphatic carbocycles. The van der Waals surface area contributed by atoms with Crippen molar-refractivity contribution in [2.75, 3.05) is 13.2 Å². The zero-order valence-electron chi connectivity index (χ0n) is 31.4. The van der Waals surface area contributed by atoms with Crippen molar-refractivity contribution >= 4 is 11.4 Å². The molecule has 0 N–H and O–H groups in total. The van der Waals surface area contributed by atoms with Gasteiger partial charge in [-0.15, -0.1) is 5.11 Å². The lowest BCUT2D eigenvalue weighted by Gasteiger charge is -2.16. The van der Waals surface area contributed by atoms with E-state index >= 15 is 0 Å². The molecule has 4 nitrogen and oxygen atoms in total. The molecule has 0 radical (unpaired) electrons. The van der Waals surface area contributed by atoms with Crippen LogP contribution in [0.2, 0.25) is 0 Å². The number of unbranched alkanes of at least 4 members (excludes halogenated alkanes) is 13. The van der Waals surface area contributed by atoms with Gasteiger partial charge in [-0.3, -0.25) is 0 Å². The summed E-state index contributed by atoms with van der Waals surface area (Å²) in [5, 5.41) is 9.63. The van der Waals surface area contributed by atoms with Gasteiger partial charge < -0.3 is 9.47 Å². The molecule has 264 valence electrons. The van der Waals surface area contributed by atoms with Crippen LogP contribution in [0, 0.1) is 0 Å². The van der Waals surface area contributed by atoms with Gasteiger partial charge in [-0.05, 0) is 109 Å². The van der Waals surface area contributed by atoms with Crippen LogP contribution in [0.1, 0.15) is 160 Å². The van der Waals surface area contributed by atoms with Gasteiger partial charge in [0.2, 0.25) is 0 Å². The van der Waals surface area contributed by atoms with E-state index < -0.39 is 0 Å². The number of nitrogens with zero attached hydrogens (tertiary/aromatic N) is 2. The summed E-state index contributed by atoms with van der Waals surface area (Å²) in [4.78, 5) is 0. The maximum absolute atomic E-state index is 6.35.